The van der Waals surface area contributed by atoms with Gasteiger partial charge in [0.1, 0.15) is 5.75 Å². The maximum Gasteiger partial charge on any atom is 0.172 e. The minimum absolute atomic E-state index is 0.106. The first-order valence-corrected chi connectivity index (χ1v) is 8.43. The summed E-state index contributed by atoms with van der Waals surface area (Å²) in [5.41, 5.74) is 2.77. The topological polar surface area (TPSA) is 37.3 Å². The number of Topliss-reactive ketones (excluding diaryl/α,β-unsaturated/α-hetero) is 1. The van der Waals surface area contributed by atoms with Crippen molar-refractivity contribution in [2.24, 2.45) is 0 Å². The molecule has 0 amide bonds. The van der Waals surface area contributed by atoms with Gasteiger partial charge in [-0.2, -0.15) is 11.8 Å². The lowest BCUT2D eigenvalue weighted by Crippen LogP contribution is -2.02. The number of hydrogen-bond donors (Lipinski definition) is 1. The van der Waals surface area contributed by atoms with Crippen LogP contribution in [0.15, 0.2) is 60.7 Å². The van der Waals surface area contributed by atoms with E-state index in [9.17, 15) is 9.90 Å². The lowest BCUT2D eigenvalue weighted by atomic mass is 9.94. The van der Waals surface area contributed by atoms with Crippen LogP contribution in [0.4, 0.5) is 0 Å². The van der Waals surface area contributed by atoms with Crippen LogP contribution in [0.2, 0.25) is 0 Å². The number of aromatic hydroxyl groups is 1. The van der Waals surface area contributed by atoms with Crippen molar-refractivity contribution in [3.8, 4) is 16.9 Å². The number of benzene rings is 3. The van der Waals surface area contributed by atoms with Crippen LogP contribution in [0.25, 0.3) is 21.9 Å². The lowest BCUT2D eigenvalue weighted by molar-refractivity contribution is 0.102. The largest absolute Gasteiger partial charge is 0.508 e. The normalized spacial score (nSPS) is 10.8. The zero-order chi connectivity index (χ0) is 15.5. The van der Waals surface area contributed by atoms with E-state index in [2.05, 4.69) is 0 Å². The van der Waals surface area contributed by atoms with Gasteiger partial charge in [0, 0.05) is 5.56 Å². The number of phenols is 1. The summed E-state index contributed by atoms with van der Waals surface area (Å²) >= 11 is 1.52. The third-order valence-corrected chi connectivity index (χ3v) is 4.17. The van der Waals surface area contributed by atoms with Crippen molar-refractivity contribution in [1.29, 1.82) is 0 Å². The number of phenolic OH excluding ortho intramolecular Hbond substituents is 1. The van der Waals surface area contributed by atoms with Crippen LogP contribution >= 0.6 is 11.8 Å². The molecule has 0 aliphatic heterocycles. The van der Waals surface area contributed by atoms with Crippen molar-refractivity contribution in [1.82, 2.24) is 0 Å². The van der Waals surface area contributed by atoms with E-state index in [0.717, 1.165) is 21.9 Å². The van der Waals surface area contributed by atoms with Crippen molar-refractivity contribution < 1.29 is 9.90 Å². The molecule has 0 heterocycles. The standard InChI is InChI=1S/C19H16O2S/c1-22-12-19(21)15-9-14-10-16(20)7-8-17(14)18(11-15)13-5-3-2-4-6-13/h2-11,20H,12H2,1H3. The SMILES string of the molecule is CSCC(=O)c1cc(-c2ccccc2)c2ccc(O)cc2c1. The van der Waals surface area contributed by atoms with Gasteiger partial charge in [-0.25, -0.2) is 0 Å². The highest BCUT2D eigenvalue weighted by atomic mass is 32.2. The first kappa shape index (κ1) is 14.7. The summed E-state index contributed by atoms with van der Waals surface area (Å²) in [5.74, 6) is 0.773. The lowest BCUT2D eigenvalue weighted by Gasteiger charge is -2.10. The van der Waals surface area contributed by atoms with Crippen molar-refractivity contribution in [3.63, 3.8) is 0 Å². The van der Waals surface area contributed by atoms with Crippen LogP contribution < -0.4 is 0 Å². The van der Waals surface area contributed by atoms with Gasteiger partial charge in [-0.1, -0.05) is 36.4 Å². The smallest absolute Gasteiger partial charge is 0.172 e. The number of hydrogen-bond acceptors (Lipinski definition) is 3. The van der Waals surface area contributed by atoms with E-state index < -0.39 is 0 Å². The predicted molar refractivity (Wildman–Crippen MR) is 93.8 cm³/mol. The third-order valence-electron chi connectivity index (χ3n) is 3.62. The summed E-state index contributed by atoms with van der Waals surface area (Å²) in [6.07, 6.45) is 1.92. The van der Waals surface area contributed by atoms with Crippen LogP contribution in [0.3, 0.4) is 0 Å². The van der Waals surface area contributed by atoms with Gasteiger partial charge in [-0.05, 0) is 52.4 Å². The fraction of sp³-hybridized carbons (Fsp3) is 0.105. The van der Waals surface area contributed by atoms with Crippen LogP contribution in [-0.2, 0) is 0 Å². The molecule has 0 saturated carbocycles. The second-order valence-electron chi connectivity index (χ2n) is 5.15. The predicted octanol–water partition coefficient (Wildman–Crippen LogP) is 4.76. The molecule has 3 rings (SSSR count). The molecule has 0 fully saturated rings. The molecule has 3 heteroatoms. The summed E-state index contributed by atoms with van der Waals surface area (Å²) in [7, 11) is 0. The van der Waals surface area contributed by atoms with Gasteiger partial charge >= 0.3 is 0 Å². The summed E-state index contributed by atoms with van der Waals surface area (Å²) in [4.78, 5) is 12.3. The number of carbonyl (C=O) groups is 1. The van der Waals surface area contributed by atoms with Crippen molar-refractivity contribution in [2.45, 2.75) is 0 Å². The Hall–Kier alpha value is -2.26. The minimum Gasteiger partial charge on any atom is -0.508 e. The summed E-state index contributed by atoms with van der Waals surface area (Å²) in [6, 6.07) is 19.1. The fourth-order valence-corrected chi connectivity index (χ4v) is 3.02. The highest BCUT2D eigenvalue weighted by molar-refractivity contribution is 7.99. The average molecular weight is 308 g/mol. The van der Waals surface area contributed by atoms with Gasteiger partial charge in [0.25, 0.3) is 0 Å². The summed E-state index contributed by atoms with van der Waals surface area (Å²) in [5, 5.41) is 11.6. The molecule has 0 atom stereocenters. The molecule has 0 radical (unpaired) electrons. The highest BCUT2D eigenvalue weighted by Gasteiger charge is 2.11. The van der Waals surface area contributed by atoms with E-state index >= 15 is 0 Å². The van der Waals surface area contributed by atoms with Crippen LogP contribution in [0.5, 0.6) is 5.75 Å². The first-order chi connectivity index (χ1) is 10.7. The van der Waals surface area contributed by atoms with Gasteiger partial charge in [0.05, 0.1) is 5.75 Å². The zero-order valence-corrected chi connectivity index (χ0v) is 13.1. The van der Waals surface area contributed by atoms with Gasteiger partial charge in [-0.3, -0.25) is 4.79 Å². The quantitative estimate of drug-likeness (QED) is 0.706. The molecule has 0 aliphatic rings. The molecule has 110 valence electrons. The summed E-state index contributed by atoms with van der Waals surface area (Å²) < 4.78 is 0. The van der Waals surface area contributed by atoms with Crippen LogP contribution in [0.1, 0.15) is 10.4 Å². The second-order valence-corrected chi connectivity index (χ2v) is 6.02. The van der Waals surface area contributed by atoms with E-state index in [1.807, 2.05) is 54.8 Å². The number of carbonyl (C=O) groups excluding carboxylic acids is 1. The second kappa shape index (κ2) is 6.24. The maximum atomic E-state index is 12.3. The van der Waals surface area contributed by atoms with E-state index in [1.165, 1.54) is 11.8 Å². The molecule has 2 nitrogen and oxygen atoms in total. The van der Waals surface area contributed by atoms with Crippen molar-refractivity contribution in [3.05, 3.63) is 66.2 Å². The van der Waals surface area contributed by atoms with Gasteiger partial charge in [0.15, 0.2) is 5.78 Å². The van der Waals surface area contributed by atoms with Crippen molar-refractivity contribution >= 4 is 28.3 Å². The molecule has 1 N–H and O–H groups in total. The van der Waals surface area contributed by atoms with E-state index in [0.29, 0.717) is 11.3 Å². The molecular weight excluding hydrogens is 292 g/mol. The fourth-order valence-electron chi connectivity index (χ4n) is 2.59. The van der Waals surface area contributed by atoms with E-state index in [4.69, 9.17) is 0 Å². The first-order valence-electron chi connectivity index (χ1n) is 7.03. The number of rotatable bonds is 4. The maximum absolute atomic E-state index is 12.3. The molecule has 0 spiro atoms. The molecule has 0 bridgehead atoms. The van der Waals surface area contributed by atoms with Gasteiger partial charge < -0.3 is 5.11 Å². The van der Waals surface area contributed by atoms with E-state index in [-0.39, 0.29) is 11.5 Å². The average Bonchev–Trinajstić information content (AvgIpc) is 2.54. The molecule has 3 aromatic carbocycles. The van der Waals surface area contributed by atoms with Gasteiger partial charge in [-0.15, -0.1) is 0 Å². The molecule has 0 unspecified atom stereocenters. The summed E-state index contributed by atoms with van der Waals surface area (Å²) in [6.45, 7) is 0. The number of fused-ring (bicyclic) bond motifs is 1. The van der Waals surface area contributed by atoms with E-state index in [1.54, 1.807) is 12.1 Å². The third kappa shape index (κ3) is 2.85. The highest BCUT2D eigenvalue weighted by Crippen LogP contribution is 2.32. The molecule has 0 aliphatic carbocycles. The monoisotopic (exact) mass is 308 g/mol. The Morgan fingerprint density at radius 2 is 1.82 bits per heavy atom. The molecule has 22 heavy (non-hydrogen) atoms. The molecule has 3 aromatic rings. The Balaban J connectivity index is 2.26. The number of thioether (sulfide) groups is 1. The molecule has 0 saturated heterocycles. The van der Waals surface area contributed by atoms with Crippen molar-refractivity contribution in [2.75, 3.05) is 12.0 Å². The molecular formula is C19H16O2S. The number of ketones is 1. The Morgan fingerprint density at radius 1 is 1.05 bits per heavy atom. The Kier molecular flexibility index (Phi) is 4.16. The van der Waals surface area contributed by atoms with Crippen LogP contribution in [-0.4, -0.2) is 22.9 Å². The Labute approximate surface area is 133 Å². The molecule has 0 aromatic heterocycles. The van der Waals surface area contributed by atoms with Gasteiger partial charge in [0.2, 0.25) is 0 Å². The zero-order valence-electron chi connectivity index (χ0n) is 12.2. The van der Waals surface area contributed by atoms with Crippen LogP contribution in [0, 0.1) is 0 Å². The minimum atomic E-state index is 0.106. The Bertz CT molecular complexity index is 825. The Morgan fingerprint density at radius 3 is 2.55 bits per heavy atom.